The van der Waals surface area contributed by atoms with Crippen LogP contribution in [0, 0.1) is 6.92 Å². The van der Waals surface area contributed by atoms with E-state index in [-0.39, 0.29) is 0 Å². The Morgan fingerprint density at radius 1 is 1.14 bits per heavy atom. The van der Waals surface area contributed by atoms with E-state index in [0.717, 1.165) is 37.5 Å². The van der Waals surface area contributed by atoms with Crippen molar-refractivity contribution in [3.05, 3.63) is 23.2 Å². The van der Waals surface area contributed by atoms with Gasteiger partial charge < -0.3 is 23.9 Å². The lowest BCUT2D eigenvalue weighted by molar-refractivity contribution is 0.0452. The predicted molar refractivity (Wildman–Crippen MR) is 82.4 cm³/mol. The van der Waals surface area contributed by atoms with E-state index in [4.69, 9.17) is 18.6 Å². The van der Waals surface area contributed by atoms with Crippen LogP contribution in [-0.4, -0.2) is 40.1 Å². The predicted octanol–water partition coefficient (Wildman–Crippen LogP) is 2.66. The number of rotatable bonds is 13. The van der Waals surface area contributed by atoms with E-state index < -0.39 is 0 Å². The van der Waals surface area contributed by atoms with Gasteiger partial charge in [0, 0.05) is 32.4 Å². The van der Waals surface area contributed by atoms with Crippen molar-refractivity contribution in [1.29, 1.82) is 0 Å². The van der Waals surface area contributed by atoms with Crippen molar-refractivity contribution < 1.29 is 18.6 Å². The second-order valence-electron chi connectivity index (χ2n) is 4.98. The van der Waals surface area contributed by atoms with E-state index in [2.05, 4.69) is 18.3 Å². The van der Waals surface area contributed by atoms with Gasteiger partial charge in [-0.05, 0) is 32.4 Å². The first-order chi connectivity index (χ1) is 10.3. The van der Waals surface area contributed by atoms with Crippen LogP contribution in [0.4, 0.5) is 0 Å². The van der Waals surface area contributed by atoms with Crippen LogP contribution in [0.2, 0.25) is 0 Å². The summed E-state index contributed by atoms with van der Waals surface area (Å²) >= 11 is 0. The van der Waals surface area contributed by atoms with Crippen molar-refractivity contribution in [1.82, 2.24) is 5.32 Å². The molecule has 1 aromatic heterocycles. The van der Waals surface area contributed by atoms with Crippen LogP contribution in [0.25, 0.3) is 0 Å². The Balaban J connectivity index is 2.10. The molecule has 1 N–H and O–H groups in total. The van der Waals surface area contributed by atoms with Gasteiger partial charge >= 0.3 is 0 Å². The molecule has 0 aliphatic rings. The van der Waals surface area contributed by atoms with Gasteiger partial charge in [-0.15, -0.1) is 0 Å². The molecule has 0 aliphatic heterocycles. The summed E-state index contributed by atoms with van der Waals surface area (Å²) in [6.45, 7) is 9.22. The van der Waals surface area contributed by atoms with Crippen LogP contribution in [0.3, 0.4) is 0 Å². The van der Waals surface area contributed by atoms with E-state index in [1.54, 1.807) is 7.11 Å². The third kappa shape index (κ3) is 8.21. The van der Waals surface area contributed by atoms with Crippen molar-refractivity contribution in [2.75, 3.05) is 40.1 Å². The largest absolute Gasteiger partial charge is 0.464 e. The van der Waals surface area contributed by atoms with Crippen molar-refractivity contribution >= 4 is 0 Å². The summed E-state index contributed by atoms with van der Waals surface area (Å²) in [5.74, 6) is 1.86. The SMILES string of the molecule is CCCNCc1cc(COCCCOCCOC)oc1C. The first-order valence-electron chi connectivity index (χ1n) is 7.71. The topological polar surface area (TPSA) is 52.9 Å². The number of furan rings is 1. The van der Waals surface area contributed by atoms with Gasteiger partial charge in [0.05, 0.1) is 13.2 Å². The Kier molecular flexibility index (Phi) is 10.2. The Labute approximate surface area is 127 Å². The highest BCUT2D eigenvalue weighted by atomic mass is 16.5. The van der Waals surface area contributed by atoms with Crippen LogP contribution in [0.1, 0.15) is 36.8 Å². The normalized spacial score (nSPS) is 11.2. The van der Waals surface area contributed by atoms with Crippen molar-refractivity contribution in [2.45, 2.75) is 39.8 Å². The van der Waals surface area contributed by atoms with E-state index in [0.29, 0.717) is 33.0 Å². The average molecular weight is 299 g/mol. The summed E-state index contributed by atoms with van der Waals surface area (Å²) in [7, 11) is 1.67. The summed E-state index contributed by atoms with van der Waals surface area (Å²) in [6.07, 6.45) is 2.02. The second-order valence-corrected chi connectivity index (χ2v) is 4.98. The molecule has 1 rings (SSSR count). The van der Waals surface area contributed by atoms with Gasteiger partial charge in [-0.3, -0.25) is 0 Å². The fraction of sp³-hybridized carbons (Fsp3) is 0.750. The average Bonchev–Trinajstić information content (AvgIpc) is 2.82. The standard InChI is InChI=1S/C16H29NO4/c1-4-6-17-12-15-11-16(21-14(15)2)13-20-8-5-7-19-10-9-18-3/h11,17H,4-10,12-13H2,1-3H3. The first kappa shape index (κ1) is 18.2. The molecule has 1 heterocycles. The number of nitrogens with one attached hydrogen (secondary N) is 1. The van der Waals surface area contributed by atoms with Gasteiger partial charge in [0.2, 0.25) is 0 Å². The maximum Gasteiger partial charge on any atom is 0.130 e. The number of hydrogen-bond acceptors (Lipinski definition) is 5. The molecule has 0 aliphatic carbocycles. The summed E-state index contributed by atoms with van der Waals surface area (Å²) < 4.78 is 21.6. The van der Waals surface area contributed by atoms with Crippen molar-refractivity contribution in [2.24, 2.45) is 0 Å². The number of ether oxygens (including phenoxy) is 3. The highest BCUT2D eigenvalue weighted by Gasteiger charge is 2.07. The molecule has 1 aromatic rings. The fourth-order valence-corrected chi connectivity index (χ4v) is 1.91. The lowest BCUT2D eigenvalue weighted by Gasteiger charge is -2.04. The summed E-state index contributed by atoms with van der Waals surface area (Å²) in [5, 5.41) is 3.38. The third-order valence-electron chi connectivity index (χ3n) is 3.07. The molecule has 21 heavy (non-hydrogen) atoms. The second kappa shape index (κ2) is 11.7. The van der Waals surface area contributed by atoms with Crippen LogP contribution < -0.4 is 5.32 Å². The molecule has 0 radical (unpaired) electrons. The Bertz CT molecular complexity index is 365. The van der Waals surface area contributed by atoms with E-state index in [1.165, 1.54) is 5.56 Å². The van der Waals surface area contributed by atoms with Gasteiger partial charge in [-0.2, -0.15) is 0 Å². The van der Waals surface area contributed by atoms with Gasteiger partial charge in [-0.25, -0.2) is 0 Å². The third-order valence-corrected chi connectivity index (χ3v) is 3.07. The molecule has 0 fully saturated rings. The lowest BCUT2D eigenvalue weighted by Crippen LogP contribution is -2.13. The number of methoxy groups -OCH3 is 1. The van der Waals surface area contributed by atoms with E-state index in [9.17, 15) is 0 Å². The zero-order valence-corrected chi connectivity index (χ0v) is 13.6. The molecular formula is C16H29NO4. The highest BCUT2D eigenvalue weighted by molar-refractivity contribution is 5.20. The van der Waals surface area contributed by atoms with Crippen LogP contribution in [-0.2, 0) is 27.4 Å². The molecule has 0 aromatic carbocycles. The molecule has 0 spiro atoms. The molecule has 0 atom stereocenters. The molecule has 5 heteroatoms. The number of hydrogen-bond donors (Lipinski definition) is 1. The molecule has 5 nitrogen and oxygen atoms in total. The zero-order valence-electron chi connectivity index (χ0n) is 13.6. The molecular weight excluding hydrogens is 270 g/mol. The summed E-state index contributed by atoms with van der Waals surface area (Å²) in [5.41, 5.74) is 1.21. The highest BCUT2D eigenvalue weighted by Crippen LogP contribution is 2.15. The van der Waals surface area contributed by atoms with Gasteiger partial charge in [-0.1, -0.05) is 6.92 Å². The van der Waals surface area contributed by atoms with Crippen molar-refractivity contribution in [3.63, 3.8) is 0 Å². The summed E-state index contributed by atoms with van der Waals surface area (Å²) in [6, 6.07) is 2.08. The number of aryl methyl sites for hydroxylation is 1. The van der Waals surface area contributed by atoms with E-state index in [1.807, 2.05) is 6.92 Å². The first-order valence-corrected chi connectivity index (χ1v) is 7.71. The van der Waals surface area contributed by atoms with Crippen LogP contribution in [0.15, 0.2) is 10.5 Å². The molecule has 0 saturated heterocycles. The minimum absolute atomic E-state index is 0.521. The maximum atomic E-state index is 5.69. The fourth-order valence-electron chi connectivity index (χ4n) is 1.91. The van der Waals surface area contributed by atoms with Crippen molar-refractivity contribution in [3.8, 4) is 0 Å². The monoisotopic (exact) mass is 299 g/mol. The Hall–Kier alpha value is -0.880. The van der Waals surface area contributed by atoms with E-state index >= 15 is 0 Å². The Morgan fingerprint density at radius 2 is 1.95 bits per heavy atom. The maximum absolute atomic E-state index is 5.69. The minimum atomic E-state index is 0.521. The summed E-state index contributed by atoms with van der Waals surface area (Å²) in [4.78, 5) is 0. The van der Waals surface area contributed by atoms with Gasteiger partial charge in [0.15, 0.2) is 0 Å². The molecule has 0 bridgehead atoms. The van der Waals surface area contributed by atoms with Gasteiger partial charge in [0.1, 0.15) is 18.1 Å². The molecule has 0 saturated carbocycles. The lowest BCUT2D eigenvalue weighted by atomic mass is 10.2. The smallest absolute Gasteiger partial charge is 0.130 e. The molecule has 122 valence electrons. The van der Waals surface area contributed by atoms with Gasteiger partial charge in [0.25, 0.3) is 0 Å². The quantitative estimate of drug-likeness (QED) is 0.568. The minimum Gasteiger partial charge on any atom is -0.464 e. The zero-order chi connectivity index (χ0) is 15.3. The molecule has 0 unspecified atom stereocenters. The Morgan fingerprint density at radius 3 is 2.71 bits per heavy atom. The van der Waals surface area contributed by atoms with Crippen LogP contribution >= 0.6 is 0 Å². The molecule has 0 amide bonds. The van der Waals surface area contributed by atoms with Crippen LogP contribution in [0.5, 0.6) is 0 Å².